The van der Waals surface area contributed by atoms with Gasteiger partial charge in [0.1, 0.15) is 0 Å². The Labute approximate surface area is 196 Å². The van der Waals surface area contributed by atoms with Gasteiger partial charge in [-0.05, 0) is 69.2 Å². The standard InChI is InChI=1S/C23H43N5.HI/c1-18(2)20-4-6-21(7-5-20)26-12-14-27(15-13-26)23(24-3)25-16-19-10-11-28(17-19)22-8-9-22;/h18-22H,4-17H2,1-3H3,(H,24,25);1H. The molecule has 1 N–H and O–H groups in total. The van der Waals surface area contributed by atoms with Crippen LogP contribution in [-0.4, -0.2) is 85.6 Å². The van der Waals surface area contributed by atoms with Gasteiger partial charge in [0, 0.05) is 58.4 Å². The molecular formula is C23H44IN5. The quantitative estimate of drug-likeness (QED) is 0.344. The van der Waals surface area contributed by atoms with Crippen molar-refractivity contribution in [2.24, 2.45) is 22.7 Å². The fraction of sp³-hybridized carbons (Fsp3) is 0.957. The molecule has 4 rings (SSSR count). The van der Waals surface area contributed by atoms with Gasteiger partial charge in [-0.3, -0.25) is 9.89 Å². The minimum absolute atomic E-state index is 0. The minimum atomic E-state index is 0. The highest BCUT2D eigenvalue weighted by Crippen LogP contribution is 2.33. The second-order valence-corrected chi connectivity index (χ2v) is 10.1. The third kappa shape index (κ3) is 6.22. The second-order valence-electron chi connectivity index (χ2n) is 10.1. The lowest BCUT2D eigenvalue weighted by Crippen LogP contribution is -2.55. The van der Waals surface area contributed by atoms with Crippen LogP contribution in [0.2, 0.25) is 0 Å². The highest BCUT2D eigenvalue weighted by Gasteiger charge is 2.34. The molecule has 2 saturated heterocycles. The van der Waals surface area contributed by atoms with E-state index in [4.69, 9.17) is 0 Å². The molecule has 6 heteroatoms. The third-order valence-electron chi connectivity index (χ3n) is 7.96. The van der Waals surface area contributed by atoms with Gasteiger partial charge in [-0.15, -0.1) is 24.0 Å². The fourth-order valence-electron chi connectivity index (χ4n) is 5.80. The van der Waals surface area contributed by atoms with Crippen molar-refractivity contribution in [1.82, 2.24) is 20.0 Å². The molecule has 168 valence electrons. The van der Waals surface area contributed by atoms with Crippen molar-refractivity contribution in [3.8, 4) is 0 Å². The Morgan fingerprint density at radius 3 is 2.07 bits per heavy atom. The van der Waals surface area contributed by atoms with Crippen LogP contribution >= 0.6 is 24.0 Å². The maximum absolute atomic E-state index is 4.61. The van der Waals surface area contributed by atoms with E-state index in [9.17, 15) is 0 Å². The largest absolute Gasteiger partial charge is 0.356 e. The number of nitrogens with one attached hydrogen (secondary N) is 1. The maximum Gasteiger partial charge on any atom is 0.193 e. The molecule has 0 aromatic heterocycles. The van der Waals surface area contributed by atoms with E-state index in [0.717, 1.165) is 55.4 Å². The first kappa shape index (κ1) is 23.6. The molecule has 1 unspecified atom stereocenters. The van der Waals surface area contributed by atoms with Gasteiger partial charge in [-0.25, -0.2) is 0 Å². The van der Waals surface area contributed by atoms with Crippen molar-refractivity contribution in [1.29, 1.82) is 0 Å². The lowest BCUT2D eigenvalue weighted by atomic mass is 9.79. The Bertz CT molecular complexity index is 519. The number of hydrogen-bond acceptors (Lipinski definition) is 3. The van der Waals surface area contributed by atoms with Crippen LogP contribution in [0, 0.1) is 17.8 Å². The number of halogens is 1. The van der Waals surface area contributed by atoms with Gasteiger partial charge in [0.2, 0.25) is 0 Å². The molecule has 0 aromatic carbocycles. The average Bonchev–Trinajstić information content (AvgIpc) is 3.47. The van der Waals surface area contributed by atoms with Gasteiger partial charge in [-0.1, -0.05) is 13.8 Å². The van der Waals surface area contributed by atoms with E-state index in [1.807, 2.05) is 7.05 Å². The van der Waals surface area contributed by atoms with Crippen LogP contribution in [-0.2, 0) is 0 Å². The smallest absolute Gasteiger partial charge is 0.193 e. The lowest BCUT2D eigenvalue weighted by Gasteiger charge is -2.43. The zero-order chi connectivity index (χ0) is 19.5. The third-order valence-corrected chi connectivity index (χ3v) is 7.96. The molecule has 2 aliphatic heterocycles. The predicted molar refractivity (Wildman–Crippen MR) is 133 cm³/mol. The summed E-state index contributed by atoms with van der Waals surface area (Å²) in [5.41, 5.74) is 0. The minimum Gasteiger partial charge on any atom is -0.356 e. The summed E-state index contributed by atoms with van der Waals surface area (Å²) in [6.45, 7) is 13.2. The highest BCUT2D eigenvalue weighted by molar-refractivity contribution is 14.0. The molecule has 5 nitrogen and oxygen atoms in total. The molecule has 0 bridgehead atoms. The Hall–Kier alpha value is -0.0800. The predicted octanol–water partition coefficient (Wildman–Crippen LogP) is 3.50. The van der Waals surface area contributed by atoms with Crippen LogP contribution in [0.25, 0.3) is 0 Å². The summed E-state index contributed by atoms with van der Waals surface area (Å²) in [6.07, 6.45) is 9.92. The first-order valence-electron chi connectivity index (χ1n) is 12.1. The second kappa shape index (κ2) is 11.0. The molecule has 0 aromatic rings. The lowest BCUT2D eigenvalue weighted by molar-refractivity contribution is 0.0863. The summed E-state index contributed by atoms with van der Waals surface area (Å²) in [6, 6.07) is 1.76. The van der Waals surface area contributed by atoms with Gasteiger partial charge < -0.3 is 15.1 Å². The summed E-state index contributed by atoms with van der Waals surface area (Å²) in [7, 11) is 1.95. The zero-order valence-electron chi connectivity index (χ0n) is 19.0. The van der Waals surface area contributed by atoms with Crippen LogP contribution in [0.4, 0.5) is 0 Å². The molecular weight excluding hydrogens is 473 g/mol. The molecule has 2 aliphatic carbocycles. The SMILES string of the molecule is CN=C(NCC1CCN(C2CC2)C1)N1CCN(C2CCC(C(C)C)CC2)CC1.I. The Morgan fingerprint density at radius 1 is 0.862 bits per heavy atom. The summed E-state index contributed by atoms with van der Waals surface area (Å²) in [4.78, 5) is 12.6. The fourth-order valence-corrected chi connectivity index (χ4v) is 5.80. The molecule has 4 fully saturated rings. The molecule has 2 saturated carbocycles. The van der Waals surface area contributed by atoms with Crippen molar-refractivity contribution < 1.29 is 0 Å². The van der Waals surface area contributed by atoms with Crippen LogP contribution in [0.1, 0.15) is 58.8 Å². The van der Waals surface area contributed by atoms with Gasteiger partial charge in [-0.2, -0.15) is 0 Å². The van der Waals surface area contributed by atoms with Crippen molar-refractivity contribution in [3.63, 3.8) is 0 Å². The number of piperazine rings is 1. The first-order valence-corrected chi connectivity index (χ1v) is 12.1. The molecule has 0 radical (unpaired) electrons. The Morgan fingerprint density at radius 2 is 1.48 bits per heavy atom. The molecule has 2 heterocycles. The highest BCUT2D eigenvalue weighted by atomic mass is 127. The van der Waals surface area contributed by atoms with Gasteiger partial charge in [0.15, 0.2) is 5.96 Å². The summed E-state index contributed by atoms with van der Waals surface area (Å²) in [5, 5.41) is 3.70. The summed E-state index contributed by atoms with van der Waals surface area (Å²) >= 11 is 0. The number of guanidine groups is 1. The summed E-state index contributed by atoms with van der Waals surface area (Å²) in [5.74, 6) is 3.76. The monoisotopic (exact) mass is 517 g/mol. The van der Waals surface area contributed by atoms with Crippen molar-refractivity contribution in [3.05, 3.63) is 0 Å². The first-order chi connectivity index (χ1) is 13.6. The Kier molecular flexibility index (Phi) is 8.93. The van der Waals surface area contributed by atoms with E-state index in [1.165, 1.54) is 71.1 Å². The van der Waals surface area contributed by atoms with E-state index in [0.29, 0.717) is 0 Å². The van der Waals surface area contributed by atoms with Gasteiger partial charge in [0.25, 0.3) is 0 Å². The molecule has 29 heavy (non-hydrogen) atoms. The topological polar surface area (TPSA) is 34.1 Å². The number of likely N-dealkylation sites (tertiary alicyclic amines) is 1. The number of nitrogens with zero attached hydrogens (tertiary/aromatic N) is 4. The van der Waals surface area contributed by atoms with E-state index >= 15 is 0 Å². The van der Waals surface area contributed by atoms with Gasteiger partial charge in [0.05, 0.1) is 0 Å². The summed E-state index contributed by atoms with van der Waals surface area (Å²) < 4.78 is 0. The number of rotatable bonds is 5. The number of aliphatic imine (C=N–C) groups is 1. The molecule has 0 amide bonds. The molecule has 4 aliphatic rings. The van der Waals surface area contributed by atoms with Gasteiger partial charge >= 0.3 is 0 Å². The van der Waals surface area contributed by atoms with E-state index in [1.54, 1.807) is 0 Å². The van der Waals surface area contributed by atoms with Crippen LogP contribution in [0.5, 0.6) is 0 Å². The van der Waals surface area contributed by atoms with E-state index in [-0.39, 0.29) is 24.0 Å². The van der Waals surface area contributed by atoms with Crippen molar-refractivity contribution in [2.45, 2.75) is 70.9 Å². The van der Waals surface area contributed by atoms with E-state index < -0.39 is 0 Å². The van der Waals surface area contributed by atoms with Crippen LogP contribution < -0.4 is 5.32 Å². The zero-order valence-corrected chi connectivity index (χ0v) is 21.3. The van der Waals surface area contributed by atoms with Crippen LogP contribution in [0.3, 0.4) is 0 Å². The average molecular weight is 518 g/mol. The molecule has 1 atom stereocenters. The van der Waals surface area contributed by atoms with Crippen LogP contribution in [0.15, 0.2) is 4.99 Å². The van der Waals surface area contributed by atoms with Crippen molar-refractivity contribution >= 4 is 29.9 Å². The normalized spacial score (nSPS) is 32.5. The van der Waals surface area contributed by atoms with Crippen molar-refractivity contribution in [2.75, 3.05) is 52.9 Å². The maximum atomic E-state index is 4.61. The molecule has 0 spiro atoms. The van der Waals surface area contributed by atoms with E-state index in [2.05, 4.69) is 38.9 Å². The Balaban J connectivity index is 0.00000240. The number of hydrogen-bond donors (Lipinski definition) is 1.